The number of H-pyrrole nitrogens is 1. The van der Waals surface area contributed by atoms with Crippen molar-refractivity contribution in [1.82, 2.24) is 15.3 Å². The Labute approximate surface area is 133 Å². The number of fused-ring (bicyclic) bond motifs is 1. The lowest BCUT2D eigenvalue weighted by Crippen LogP contribution is -2.36. The molecule has 1 aromatic heterocycles. The number of carbonyl (C=O) groups excluding carboxylic acids is 1. The van der Waals surface area contributed by atoms with Crippen LogP contribution in [0.15, 0.2) is 48.5 Å². The van der Waals surface area contributed by atoms with Crippen LogP contribution in [0.3, 0.4) is 0 Å². The van der Waals surface area contributed by atoms with Crippen LogP contribution in [0.1, 0.15) is 10.4 Å². The molecular weight excluding hydrogens is 292 g/mol. The Bertz CT molecular complexity index is 814. The zero-order valence-corrected chi connectivity index (χ0v) is 12.5. The van der Waals surface area contributed by atoms with E-state index in [-0.39, 0.29) is 19.0 Å². The van der Waals surface area contributed by atoms with Crippen molar-refractivity contribution >= 4 is 16.9 Å². The molecule has 0 aliphatic heterocycles. The largest absolute Gasteiger partial charge is 0.390 e. The van der Waals surface area contributed by atoms with Crippen LogP contribution in [0.25, 0.3) is 22.4 Å². The summed E-state index contributed by atoms with van der Waals surface area (Å²) >= 11 is 0. The topological polar surface area (TPSA) is 104 Å². The minimum atomic E-state index is -0.737. The number of carbonyl (C=O) groups is 1. The molecule has 0 fully saturated rings. The number of rotatable bonds is 5. The van der Waals surface area contributed by atoms with E-state index in [2.05, 4.69) is 15.3 Å². The van der Waals surface area contributed by atoms with E-state index in [9.17, 15) is 9.90 Å². The van der Waals surface area contributed by atoms with Crippen LogP contribution in [0.5, 0.6) is 0 Å². The molecule has 0 saturated carbocycles. The number of benzene rings is 2. The predicted octanol–water partition coefficient (Wildman–Crippen LogP) is 1.28. The SMILES string of the molecule is NC[C@H](O)CNC(=O)c1ccc2nc(-c3ccccc3)[nH]c2c1. The summed E-state index contributed by atoms with van der Waals surface area (Å²) in [5, 5.41) is 12.0. The molecule has 2 aromatic carbocycles. The highest BCUT2D eigenvalue weighted by atomic mass is 16.3. The van der Waals surface area contributed by atoms with Crippen LogP contribution in [0.4, 0.5) is 0 Å². The smallest absolute Gasteiger partial charge is 0.251 e. The highest BCUT2D eigenvalue weighted by Crippen LogP contribution is 2.21. The lowest BCUT2D eigenvalue weighted by molar-refractivity contribution is 0.0920. The van der Waals surface area contributed by atoms with Crippen molar-refractivity contribution in [3.8, 4) is 11.4 Å². The molecule has 5 N–H and O–H groups in total. The average Bonchev–Trinajstić information content (AvgIpc) is 3.03. The molecule has 118 valence electrons. The number of aromatic nitrogens is 2. The normalized spacial score (nSPS) is 12.3. The molecule has 0 spiro atoms. The third-order valence-corrected chi connectivity index (χ3v) is 3.56. The van der Waals surface area contributed by atoms with E-state index in [0.29, 0.717) is 5.56 Å². The first-order valence-corrected chi connectivity index (χ1v) is 7.39. The second-order valence-electron chi connectivity index (χ2n) is 5.28. The number of aliphatic hydroxyl groups excluding tert-OH is 1. The standard InChI is InChI=1S/C17H18N4O2/c18-9-13(22)10-19-17(23)12-6-7-14-15(8-12)21-16(20-14)11-4-2-1-3-5-11/h1-8,13,22H,9-10,18H2,(H,19,23)(H,20,21)/t13-/m0/s1. The zero-order valence-electron chi connectivity index (χ0n) is 12.5. The molecule has 1 amide bonds. The van der Waals surface area contributed by atoms with E-state index in [0.717, 1.165) is 22.4 Å². The summed E-state index contributed by atoms with van der Waals surface area (Å²) in [5.74, 6) is 0.506. The third-order valence-electron chi connectivity index (χ3n) is 3.56. The maximum atomic E-state index is 12.1. The van der Waals surface area contributed by atoms with Gasteiger partial charge in [0.05, 0.1) is 17.1 Å². The Kier molecular flexibility index (Phi) is 4.36. The fourth-order valence-electron chi connectivity index (χ4n) is 2.28. The van der Waals surface area contributed by atoms with Crippen LogP contribution < -0.4 is 11.1 Å². The van der Waals surface area contributed by atoms with Crippen molar-refractivity contribution in [1.29, 1.82) is 0 Å². The van der Waals surface area contributed by atoms with Crippen LogP contribution in [-0.4, -0.2) is 40.2 Å². The van der Waals surface area contributed by atoms with Crippen molar-refractivity contribution in [2.75, 3.05) is 13.1 Å². The van der Waals surface area contributed by atoms with Crippen molar-refractivity contribution < 1.29 is 9.90 Å². The second-order valence-corrected chi connectivity index (χ2v) is 5.28. The number of nitrogens with zero attached hydrogens (tertiary/aromatic N) is 1. The van der Waals surface area contributed by atoms with E-state index in [1.54, 1.807) is 18.2 Å². The van der Waals surface area contributed by atoms with Gasteiger partial charge in [0.15, 0.2) is 0 Å². The summed E-state index contributed by atoms with van der Waals surface area (Å²) in [5.41, 5.74) is 8.39. The number of hydrogen-bond donors (Lipinski definition) is 4. The molecule has 0 aliphatic rings. The Hall–Kier alpha value is -2.70. The first kappa shape index (κ1) is 15.2. The molecule has 0 saturated heterocycles. The van der Waals surface area contributed by atoms with E-state index in [1.165, 1.54) is 0 Å². The molecule has 0 bridgehead atoms. The first-order chi connectivity index (χ1) is 11.2. The maximum absolute atomic E-state index is 12.1. The Morgan fingerprint density at radius 3 is 2.78 bits per heavy atom. The molecule has 3 rings (SSSR count). The van der Waals surface area contributed by atoms with E-state index >= 15 is 0 Å². The van der Waals surface area contributed by atoms with Crippen LogP contribution >= 0.6 is 0 Å². The number of amides is 1. The summed E-state index contributed by atoms with van der Waals surface area (Å²) in [4.78, 5) is 19.8. The van der Waals surface area contributed by atoms with Gasteiger partial charge in [0.1, 0.15) is 5.82 Å². The van der Waals surface area contributed by atoms with Gasteiger partial charge in [0, 0.05) is 24.2 Å². The van der Waals surface area contributed by atoms with Gasteiger partial charge in [0.2, 0.25) is 0 Å². The molecule has 0 radical (unpaired) electrons. The molecular formula is C17H18N4O2. The fraction of sp³-hybridized carbons (Fsp3) is 0.176. The van der Waals surface area contributed by atoms with Crippen molar-refractivity contribution in [3.63, 3.8) is 0 Å². The van der Waals surface area contributed by atoms with Crippen molar-refractivity contribution in [2.45, 2.75) is 6.10 Å². The van der Waals surface area contributed by atoms with Crippen molar-refractivity contribution in [3.05, 3.63) is 54.1 Å². The van der Waals surface area contributed by atoms with Gasteiger partial charge in [-0.3, -0.25) is 4.79 Å². The number of hydrogen-bond acceptors (Lipinski definition) is 4. The number of nitrogens with one attached hydrogen (secondary N) is 2. The quantitative estimate of drug-likeness (QED) is 0.570. The third kappa shape index (κ3) is 3.39. The fourth-order valence-corrected chi connectivity index (χ4v) is 2.28. The van der Waals surface area contributed by atoms with Crippen molar-refractivity contribution in [2.24, 2.45) is 5.73 Å². The average molecular weight is 310 g/mol. The van der Waals surface area contributed by atoms with Gasteiger partial charge in [-0.25, -0.2) is 4.98 Å². The van der Waals surface area contributed by atoms with Crippen LogP contribution in [0.2, 0.25) is 0 Å². The summed E-state index contributed by atoms with van der Waals surface area (Å²) in [6.07, 6.45) is -0.737. The Morgan fingerprint density at radius 2 is 2.04 bits per heavy atom. The molecule has 23 heavy (non-hydrogen) atoms. The van der Waals surface area contributed by atoms with Gasteiger partial charge >= 0.3 is 0 Å². The molecule has 1 atom stereocenters. The predicted molar refractivity (Wildman–Crippen MR) is 88.9 cm³/mol. The van der Waals surface area contributed by atoms with E-state index in [1.807, 2.05) is 30.3 Å². The summed E-state index contributed by atoms with van der Waals surface area (Å²) in [6, 6.07) is 15.0. The number of aliphatic hydroxyl groups is 1. The molecule has 6 nitrogen and oxygen atoms in total. The lowest BCUT2D eigenvalue weighted by atomic mass is 10.2. The molecule has 0 unspecified atom stereocenters. The minimum Gasteiger partial charge on any atom is -0.390 e. The van der Waals surface area contributed by atoms with Gasteiger partial charge in [-0.15, -0.1) is 0 Å². The van der Waals surface area contributed by atoms with Gasteiger partial charge in [-0.1, -0.05) is 30.3 Å². The molecule has 3 aromatic rings. The maximum Gasteiger partial charge on any atom is 0.251 e. The van der Waals surface area contributed by atoms with Gasteiger partial charge in [0.25, 0.3) is 5.91 Å². The number of nitrogens with two attached hydrogens (primary N) is 1. The van der Waals surface area contributed by atoms with Gasteiger partial charge < -0.3 is 21.1 Å². The number of aromatic amines is 1. The molecule has 1 heterocycles. The zero-order chi connectivity index (χ0) is 16.2. The van der Waals surface area contributed by atoms with Crippen LogP contribution in [0, 0.1) is 0 Å². The second kappa shape index (κ2) is 6.60. The first-order valence-electron chi connectivity index (χ1n) is 7.39. The summed E-state index contributed by atoms with van der Waals surface area (Å²) in [6.45, 7) is 0.242. The summed E-state index contributed by atoms with van der Waals surface area (Å²) < 4.78 is 0. The highest BCUT2D eigenvalue weighted by molar-refractivity contribution is 5.97. The lowest BCUT2D eigenvalue weighted by Gasteiger charge is -2.09. The van der Waals surface area contributed by atoms with E-state index < -0.39 is 6.10 Å². The highest BCUT2D eigenvalue weighted by Gasteiger charge is 2.11. The van der Waals surface area contributed by atoms with Crippen LogP contribution in [-0.2, 0) is 0 Å². The molecule has 6 heteroatoms. The minimum absolute atomic E-state index is 0.111. The summed E-state index contributed by atoms with van der Waals surface area (Å²) in [7, 11) is 0. The van der Waals surface area contributed by atoms with Gasteiger partial charge in [-0.2, -0.15) is 0 Å². The monoisotopic (exact) mass is 310 g/mol. The Balaban J connectivity index is 1.83. The Morgan fingerprint density at radius 1 is 1.26 bits per heavy atom. The number of imidazole rings is 1. The van der Waals surface area contributed by atoms with Gasteiger partial charge in [-0.05, 0) is 18.2 Å². The molecule has 0 aliphatic carbocycles. The van der Waals surface area contributed by atoms with E-state index in [4.69, 9.17) is 5.73 Å².